The Hall–Kier alpha value is -1.23. The Bertz CT molecular complexity index is 424. The van der Waals surface area contributed by atoms with Crippen molar-refractivity contribution in [1.82, 2.24) is 9.78 Å². The van der Waals surface area contributed by atoms with Gasteiger partial charge in [-0.15, -0.1) is 24.8 Å². The summed E-state index contributed by atoms with van der Waals surface area (Å²) in [7, 11) is 1.64. The normalized spacial score (nSPS) is 9.06. The summed E-state index contributed by atoms with van der Waals surface area (Å²) in [4.78, 5) is 0. The Morgan fingerprint density at radius 2 is 2.06 bits per heavy atom. The van der Waals surface area contributed by atoms with E-state index in [9.17, 15) is 0 Å². The Labute approximate surface area is 113 Å². The number of rotatable bonds is 3. The monoisotopic (exact) mass is 275 g/mol. The third kappa shape index (κ3) is 3.12. The summed E-state index contributed by atoms with van der Waals surface area (Å²) in [5, 5.41) is 4.18. The lowest BCUT2D eigenvalue weighted by Gasteiger charge is -2.12. The van der Waals surface area contributed by atoms with Crippen molar-refractivity contribution in [2.24, 2.45) is 5.73 Å². The van der Waals surface area contributed by atoms with Crippen LogP contribution in [-0.4, -0.2) is 16.9 Å². The maximum absolute atomic E-state index is 5.68. The van der Waals surface area contributed by atoms with E-state index < -0.39 is 0 Å². The van der Waals surface area contributed by atoms with Crippen LogP contribution in [0.4, 0.5) is 0 Å². The molecule has 0 aliphatic heterocycles. The van der Waals surface area contributed by atoms with Gasteiger partial charge in [0, 0.05) is 18.9 Å². The molecule has 1 aromatic heterocycles. The van der Waals surface area contributed by atoms with E-state index in [1.165, 1.54) is 0 Å². The molecule has 0 aliphatic rings. The van der Waals surface area contributed by atoms with Crippen molar-refractivity contribution in [2.75, 3.05) is 7.11 Å². The summed E-state index contributed by atoms with van der Waals surface area (Å²) in [6.07, 6.45) is 3.60. The molecule has 2 rings (SSSR count). The molecule has 2 N–H and O–H groups in total. The minimum Gasteiger partial charge on any atom is -0.494 e. The number of hydrogen-bond donors (Lipinski definition) is 1. The zero-order valence-corrected chi connectivity index (χ0v) is 11.0. The van der Waals surface area contributed by atoms with Gasteiger partial charge in [0.05, 0.1) is 7.11 Å². The van der Waals surface area contributed by atoms with E-state index in [2.05, 4.69) is 5.10 Å². The highest BCUT2D eigenvalue weighted by atomic mass is 35.5. The van der Waals surface area contributed by atoms with Crippen molar-refractivity contribution in [3.8, 4) is 11.4 Å². The molecule has 17 heavy (non-hydrogen) atoms. The lowest BCUT2D eigenvalue weighted by molar-refractivity contribution is 0.411. The van der Waals surface area contributed by atoms with Gasteiger partial charge in [0.1, 0.15) is 11.4 Å². The number of hydrogen-bond acceptors (Lipinski definition) is 3. The molecular formula is C11H15Cl2N3O. The second-order valence-corrected chi connectivity index (χ2v) is 3.12. The van der Waals surface area contributed by atoms with Gasteiger partial charge in [-0.1, -0.05) is 12.1 Å². The van der Waals surface area contributed by atoms with Crippen molar-refractivity contribution < 1.29 is 4.74 Å². The largest absolute Gasteiger partial charge is 0.494 e. The maximum Gasteiger partial charge on any atom is 0.144 e. The molecule has 0 bridgehead atoms. The van der Waals surface area contributed by atoms with Crippen LogP contribution in [0.5, 0.6) is 5.75 Å². The Balaban J connectivity index is 0.00000128. The molecule has 0 unspecified atom stereocenters. The zero-order valence-electron chi connectivity index (χ0n) is 9.37. The molecule has 0 spiro atoms. The van der Waals surface area contributed by atoms with Crippen molar-refractivity contribution in [1.29, 1.82) is 0 Å². The average molecular weight is 276 g/mol. The number of benzene rings is 1. The molecule has 1 aromatic carbocycles. The first-order valence-electron chi connectivity index (χ1n) is 4.72. The predicted octanol–water partition coefficient (Wildman–Crippen LogP) is 2.18. The van der Waals surface area contributed by atoms with Gasteiger partial charge in [0.2, 0.25) is 0 Å². The van der Waals surface area contributed by atoms with Gasteiger partial charge < -0.3 is 10.5 Å². The summed E-state index contributed by atoms with van der Waals surface area (Å²) < 4.78 is 7.06. The molecule has 0 atom stereocenters. The number of methoxy groups -OCH3 is 1. The molecule has 0 saturated heterocycles. The molecule has 1 heterocycles. The number of nitrogens with zero attached hydrogens (tertiary/aromatic N) is 2. The molecule has 0 fully saturated rings. The third-order valence-electron chi connectivity index (χ3n) is 2.26. The average Bonchev–Trinajstić information content (AvgIpc) is 2.81. The Morgan fingerprint density at radius 3 is 2.59 bits per heavy atom. The third-order valence-corrected chi connectivity index (χ3v) is 2.26. The van der Waals surface area contributed by atoms with Crippen molar-refractivity contribution in [3.63, 3.8) is 0 Å². The fourth-order valence-electron chi connectivity index (χ4n) is 1.56. The van der Waals surface area contributed by atoms with Crippen LogP contribution in [0.3, 0.4) is 0 Å². The summed E-state index contributed by atoms with van der Waals surface area (Å²) in [6, 6.07) is 7.66. The van der Waals surface area contributed by atoms with Crippen LogP contribution in [-0.2, 0) is 6.54 Å². The van der Waals surface area contributed by atoms with E-state index in [4.69, 9.17) is 10.5 Å². The van der Waals surface area contributed by atoms with Crippen LogP contribution in [0.25, 0.3) is 5.69 Å². The quantitative estimate of drug-likeness (QED) is 0.934. The first-order chi connectivity index (χ1) is 7.36. The van der Waals surface area contributed by atoms with Gasteiger partial charge in [-0.3, -0.25) is 0 Å². The minimum atomic E-state index is 0. The fourth-order valence-corrected chi connectivity index (χ4v) is 1.56. The van der Waals surface area contributed by atoms with Crippen LogP contribution in [0.2, 0.25) is 0 Å². The van der Waals surface area contributed by atoms with Gasteiger partial charge in [-0.05, 0) is 17.7 Å². The molecule has 94 valence electrons. The highest BCUT2D eigenvalue weighted by Gasteiger charge is 2.09. The van der Waals surface area contributed by atoms with Crippen LogP contribution in [0.15, 0.2) is 36.7 Å². The lowest BCUT2D eigenvalue weighted by atomic mass is 10.1. The minimum absolute atomic E-state index is 0. The van der Waals surface area contributed by atoms with Crippen LogP contribution in [0, 0.1) is 0 Å². The van der Waals surface area contributed by atoms with Crippen molar-refractivity contribution in [2.45, 2.75) is 6.54 Å². The first kappa shape index (κ1) is 15.8. The second kappa shape index (κ2) is 7.17. The van der Waals surface area contributed by atoms with E-state index >= 15 is 0 Å². The van der Waals surface area contributed by atoms with Crippen LogP contribution >= 0.6 is 24.8 Å². The summed E-state index contributed by atoms with van der Waals surface area (Å²) >= 11 is 0. The molecule has 4 nitrogen and oxygen atoms in total. The van der Waals surface area contributed by atoms with Crippen LogP contribution in [0.1, 0.15) is 5.56 Å². The lowest BCUT2D eigenvalue weighted by Crippen LogP contribution is -2.06. The summed E-state index contributed by atoms with van der Waals surface area (Å²) in [5.74, 6) is 0.779. The maximum atomic E-state index is 5.68. The van der Waals surface area contributed by atoms with Gasteiger partial charge in [0.15, 0.2) is 0 Å². The number of halogens is 2. The van der Waals surface area contributed by atoms with E-state index in [1.807, 2.05) is 30.5 Å². The number of nitrogens with two attached hydrogens (primary N) is 1. The standard InChI is InChI=1S/C11H13N3O.2ClH/c1-15-10-5-2-4-9(8-12)11(10)14-7-3-6-13-14;;/h2-7H,8,12H2,1H3;2*1H. The second-order valence-electron chi connectivity index (χ2n) is 3.12. The van der Waals surface area contributed by atoms with E-state index in [-0.39, 0.29) is 24.8 Å². The van der Waals surface area contributed by atoms with Gasteiger partial charge in [0.25, 0.3) is 0 Å². The van der Waals surface area contributed by atoms with Crippen molar-refractivity contribution >= 4 is 24.8 Å². The summed E-state index contributed by atoms with van der Waals surface area (Å²) in [5.41, 5.74) is 7.61. The molecule has 0 amide bonds. The molecule has 2 aromatic rings. The number of para-hydroxylation sites is 1. The topological polar surface area (TPSA) is 53.1 Å². The smallest absolute Gasteiger partial charge is 0.144 e. The Kier molecular flexibility index (Phi) is 6.65. The molecular weight excluding hydrogens is 261 g/mol. The molecule has 0 saturated carbocycles. The van der Waals surface area contributed by atoms with Gasteiger partial charge >= 0.3 is 0 Å². The number of ether oxygens (including phenoxy) is 1. The number of aromatic nitrogens is 2. The SMILES string of the molecule is COc1cccc(CN)c1-n1cccn1.Cl.Cl. The fraction of sp³-hybridized carbons (Fsp3) is 0.182. The predicted molar refractivity (Wildman–Crippen MR) is 72.5 cm³/mol. The van der Waals surface area contributed by atoms with E-state index in [1.54, 1.807) is 18.0 Å². The summed E-state index contributed by atoms with van der Waals surface area (Å²) in [6.45, 7) is 0.465. The van der Waals surface area contributed by atoms with Gasteiger partial charge in [-0.2, -0.15) is 5.10 Å². The first-order valence-corrected chi connectivity index (χ1v) is 4.72. The molecule has 6 heteroatoms. The highest BCUT2D eigenvalue weighted by Crippen LogP contribution is 2.25. The Morgan fingerprint density at radius 1 is 1.29 bits per heavy atom. The van der Waals surface area contributed by atoms with Crippen LogP contribution < -0.4 is 10.5 Å². The van der Waals surface area contributed by atoms with Crippen molar-refractivity contribution in [3.05, 3.63) is 42.2 Å². The highest BCUT2D eigenvalue weighted by molar-refractivity contribution is 5.85. The molecule has 0 radical (unpaired) electrons. The molecule has 0 aliphatic carbocycles. The van der Waals surface area contributed by atoms with E-state index in [0.717, 1.165) is 17.0 Å². The van der Waals surface area contributed by atoms with Gasteiger partial charge in [-0.25, -0.2) is 4.68 Å². The zero-order chi connectivity index (χ0) is 10.7. The van der Waals surface area contributed by atoms with E-state index in [0.29, 0.717) is 6.54 Å².